The third-order valence-electron chi connectivity index (χ3n) is 4.55. The van der Waals surface area contributed by atoms with E-state index in [2.05, 4.69) is 91.6 Å². The van der Waals surface area contributed by atoms with Crippen molar-refractivity contribution in [2.45, 2.75) is 0 Å². The summed E-state index contributed by atoms with van der Waals surface area (Å²) in [4.78, 5) is 2.55. The molecule has 5 aromatic heterocycles. The van der Waals surface area contributed by atoms with E-state index < -0.39 is 0 Å². The lowest BCUT2D eigenvalue weighted by molar-refractivity contribution is 1.70. The van der Waals surface area contributed by atoms with Gasteiger partial charge in [0.1, 0.15) is 0 Å². The maximum atomic E-state index is 2.32. The Balaban J connectivity index is 1.53. The van der Waals surface area contributed by atoms with Crippen molar-refractivity contribution in [2.75, 3.05) is 0 Å². The second-order valence-electron chi connectivity index (χ2n) is 6.40. The van der Waals surface area contributed by atoms with E-state index in [1.165, 1.54) is 43.2 Å². The number of hydrogen-bond acceptors (Lipinski definition) is 5. The lowest BCUT2D eigenvalue weighted by atomic mass is 10.0. The second-order valence-corrected chi connectivity index (χ2v) is 10.7. The molecular weight excluding hydrogens is 449 g/mol. The summed E-state index contributed by atoms with van der Waals surface area (Å²) in [6.07, 6.45) is 4.64. The summed E-state index contributed by atoms with van der Waals surface area (Å²) in [5.74, 6) is 0. The molecule has 142 valence electrons. The number of hydrogen-bond donors (Lipinski definition) is 0. The van der Waals surface area contributed by atoms with Gasteiger partial charge in [-0.1, -0.05) is 0 Å². The maximum Gasteiger partial charge on any atom is 0.0283 e. The maximum absolute atomic E-state index is 2.32. The van der Waals surface area contributed by atoms with E-state index in [-0.39, 0.29) is 0 Å². The minimum Gasteiger partial charge on any atom is -0.152 e. The molecule has 5 rings (SSSR count). The van der Waals surface area contributed by atoms with E-state index in [1.807, 2.05) is 11.3 Å². The predicted octanol–water partition coefficient (Wildman–Crippen LogP) is 9.17. The zero-order valence-electron chi connectivity index (χ0n) is 15.3. The lowest BCUT2D eigenvalue weighted by Crippen LogP contribution is -1.82. The van der Waals surface area contributed by atoms with E-state index >= 15 is 0 Å². The predicted molar refractivity (Wildman–Crippen MR) is 136 cm³/mol. The minimum atomic E-state index is 1.28. The SMILES string of the molecule is C(=C(c1ccsc1)c1ccsc1)c1ccc(C=C(c2ccsc2)c2ccsc2)s1. The first kappa shape index (κ1) is 19.0. The average Bonchev–Trinajstić information content (AvgIpc) is 3.57. The molecule has 0 unspecified atom stereocenters. The molecule has 0 nitrogen and oxygen atoms in total. The van der Waals surface area contributed by atoms with Gasteiger partial charge in [0.2, 0.25) is 0 Å². The summed E-state index contributed by atoms with van der Waals surface area (Å²) >= 11 is 8.82. The van der Waals surface area contributed by atoms with Crippen LogP contribution in [0.1, 0.15) is 32.0 Å². The van der Waals surface area contributed by atoms with Crippen LogP contribution in [0.25, 0.3) is 23.3 Å². The smallest absolute Gasteiger partial charge is 0.0283 e. The molecule has 5 heterocycles. The highest BCUT2D eigenvalue weighted by Gasteiger charge is 2.10. The second kappa shape index (κ2) is 8.78. The summed E-state index contributed by atoms with van der Waals surface area (Å²) < 4.78 is 0. The Kier molecular flexibility index (Phi) is 5.74. The molecule has 0 radical (unpaired) electrons. The molecule has 0 saturated heterocycles. The van der Waals surface area contributed by atoms with Crippen molar-refractivity contribution < 1.29 is 0 Å². The Hall–Kier alpha value is -2.02. The normalized spacial score (nSPS) is 10.8. The van der Waals surface area contributed by atoms with Crippen LogP contribution in [0.4, 0.5) is 0 Å². The first-order chi connectivity index (χ1) is 14.4. The summed E-state index contributed by atoms with van der Waals surface area (Å²) in [7, 11) is 0. The molecule has 0 aliphatic heterocycles. The quantitative estimate of drug-likeness (QED) is 0.235. The molecule has 0 N–H and O–H groups in total. The van der Waals surface area contributed by atoms with Gasteiger partial charge >= 0.3 is 0 Å². The molecule has 0 aliphatic carbocycles. The molecule has 0 spiro atoms. The van der Waals surface area contributed by atoms with Gasteiger partial charge in [0.15, 0.2) is 0 Å². The van der Waals surface area contributed by atoms with E-state index in [0.717, 1.165) is 0 Å². The van der Waals surface area contributed by atoms with Gasteiger partial charge in [-0.15, -0.1) is 11.3 Å². The molecule has 29 heavy (non-hydrogen) atoms. The Morgan fingerprint density at radius 3 is 1.10 bits per heavy atom. The summed E-state index contributed by atoms with van der Waals surface area (Å²) in [5.41, 5.74) is 7.74. The van der Waals surface area contributed by atoms with E-state index in [9.17, 15) is 0 Å². The molecule has 5 aromatic rings. The van der Waals surface area contributed by atoms with Gasteiger partial charge in [-0.3, -0.25) is 0 Å². The van der Waals surface area contributed by atoms with Crippen LogP contribution in [0.2, 0.25) is 0 Å². The van der Waals surface area contributed by atoms with Gasteiger partial charge in [0, 0.05) is 9.75 Å². The van der Waals surface area contributed by atoms with Crippen LogP contribution in [0, 0.1) is 0 Å². The molecule has 0 saturated carbocycles. The monoisotopic (exact) mass is 464 g/mol. The van der Waals surface area contributed by atoms with Crippen molar-refractivity contribution in [3.05, 3.63) is 111 Å². The molecule has 0 bridgehead atoms. The zero-order valence-corrected chi connectivity index (χ0v) is 19.4. The molecule has 0 amide bonds. The third-order valence-corrected chi connectivity index (χ3v) is 8.26. The van der Waals surface area contributed by atoms with Crippen LogP contribution in [-0.4, -0.2) is 0 Å². The number of rotatable bonds is 6. The Morgan fingerprint density at radius 2 is 0.828 bits per heavy atom. The Bertz CT molecular complexity index is 1040. The van der Waals surface area contributed by atoms with Gasteiger partial charge in [-0.2, -0.15) is 45.3 Å². The highest BCUT2D eigenvalue weighted by Crippen LogP contribution is 2.34. The molecule has 0 aliphatic rings. The average molecular weight is 465 g/mol. The molecule has 0 aromatic carbocycles. The number of thiophene rings is 5. The fraction of sp³-hybridized carbons (Fsp3) is 0. The summed E-state index contributed by atoms with van der Waals surface area (Å²) in [6, 6.07) is 13.3. The van der Waals surface area contributed by atoms with E-state index in [0.29, 0.717) is 0 Å². The van der Waals surface area contributed by atoms with Crippen molar-refractivity contribution in [1.82, 2.24) is 0 Å². The highest BCUT2D eigenvalue weighted by molar-refractivity contribution is 7.14. The fourth-order valence-electron chi connectivity index (χ4n) is 3.15. The topological polar surface area (TPSA) is 0 Å². The van der Waals surface area contributed by atoms with Gasteiger partial charge in [-0.25, -0.2) is 0 Å². The fourth-order valence-corrected chi connectivity index (χ4v) is 6.67. The molecule has 0 fully saturated rings. The third kappa shape index (κ3) is 4.29. The summed E-state index contributed by atoms with van der Waals surface area (Å²) in [5, 5.41) is 17.5. The van der Waals surface area contributed by atoms with Gasteiger partial charge in [-0.05, 0) is 125 Å². The van der Waals surface area contributed by atoms with E-state index in [1.54, 1.807) is 45.3 Å². The first-order valence-corrected chi connectivity index (χ1v) is 13.6. The van der Waals surface area contributed by atoms with Crippen molar-refractivity contribution in [1.29, 1.82) is 0 Å². The molecule has 5 heteroatoms. The molecule has 0 atom stereocenters. The minimum absolute atomic E-state index is 1.28. The van der Waals surface area contributed by atoms with Gasteiger partial charge in [0.05, 0.1) is 0 Å². The van der Waals surface area contributed by atoms with Crippen LogP contribution >= 0.6 is 56.7 Å². The van der Waals surface area contributed by atoms with Crippen molar-refractivity contribution in [2.24, 2.45) is 0 Å². The largest absolute Gasteiger partial charge is 0.152 e. The van der Waals surface area contributed by atoms with Crippen molar-refractivity contribution in [3.63, 3.8) is 0 Å². The van der Waals surface area contributed by atoms with E-state index in [4.69, 9.17) is 0 Å². The van der Waals surface area contributed by atoms with Crippen LogP contribution < -0.4 is 0 Å². The molecular formula is C24H16S5. The first-order valence-electron chi connectivity index (χ1n) is 9.00. The highest BCUT2D eigenvalue weighted by atomic mass is 32.1. The summed E-state index contributed by atoms with van der Waals surface area (Å²) in [6.45, 7) is 0. The van der Waals surface area contributed by atoms with Crippen LogP contribution in [-0.2, 0) is 0 Å². The van der Waals surface area contributed by atoms with Gasteiger partial charge in [0.25, 0.3) is 0 Å². The lowest BCUT2D eigenvalue weighted by Gasteiger charge is -2.03. The van der Waals surface area contributed by atoms with Crippen LogP contribution in [0.3, 0.4) is 0 Å². The Morgan fingerprint density at radius 1 is 0.483 bits per heavy atom. The van der Waals surface area contributed by atoms with Crippen molar-refractivity contribution in [3.8, 4) is 0 Å². The van der Waals surface area contributed by atoms with Gasteiger partial charge < -0.3 is 0 Å². The van der Waals surface area contributed by atoms with Crippen LogP contribution in [0.5, 0.6) is 0 Å². The standard InChI is InChI=1S/C24H16S5/c1-2-22(12-24(19-5-9-27-15-19)20-6-10-28-16-20)29-21(1)11-23(17-3-7-25-13-17)18-4-8-26-14-18/h1-16H. The zero-order chi connectivity index (χ0) is 19.5. The van der Waals surface area contributed by atoms with Crippen molar-refractivity contribution >= 4 is 80.0 Å². The van der Waals surface area contributed by atoms with Crippen LogP contribution in [0.15, 0.2) is 79.4 Å². The Labute approximate surface area is 190 Å².